The Morgan fingerprint density at radius 1 is 1.08 bits per heavy atom. The molecule has 88 valence electrons. The number of ether oxygens (including phenoxy) is 2. The molecule has 1 unspecified atom stereocenters. The molecule has 0 rings (SSSR count). The van der Waals surface area contributed by atoms with Crippen molar-refractivity contribution in [3.8, 4) is 0 Å². The van der Waals surface area contributed by atoms with Crippen molar-refractivity contribution >= 4 is 0 Å². The topological polar surface area (TPSA) is 38.7 Å². The van der Waals surface area contributed by atoms with E-state index in [9.17, 15) is 0 Å². The number of hydrogen-bond donors (Lipinski definition) is 1. The standard InChI is InChI=1S/C6H14O3.4CH4/c1-6(7)5-9-4-3-8-2;;;;/h6-7H,3-5H2,1-2H3;4*1H4. The fourth-order valence-corrected chi connectivity index (χ4v) is 0.396. The molecule has 0 saturated carbocycles. The Morgan fingerprint density at radius 3 is 1.85 bits per heavy atom. The molecule has 1 atom stereocenters. The first kappa shape index (κ1) is 29.3. The Balaban J connectivity index is -0.0000000533. The second kappa shape index (κ2) is 22.6. The van der Waals surface area contributed by atoms with E-state index in [0.29, 0.717) is 19.8 Å². The van der Waals surface area contributed by atoms with Crippen LogP contribution in [-0.2, 0) is 9.47 Å². The molecule has 0 spiro atoms. The van der Waals surface area contributed by atoms with Crippen molar-refractivity contribution in [3.05, 3.63) is 0 Å². The summed E-state index contributed by atoms with van der Waals surface area (Å²) in [7, 11) is 1.62. The highest BCUT2D eigenvalue weighted by Crippen LogP contribution is 1.81. The van der Waals surface area contributed by atoms with E-state index in [2.05, 4.69) is 0 Å². The summed E-state index contributed by atoms with van der Waals surface area (Å²) >= 11 is 0. The lowest BCUT2D eigenvalue weighted by Gasteiger charge is -2.04. The van der Waals surface area contributed by atoms with Crippen LogP contribution >= 0.6 is 0 Å². The molecule has 0 bridgehead atoms. The van der Waals surface area contributed by atoms with Gasteiger partial charge in [0.05, 0.1) is 25.9 Å². The van der Waals surface area contributed by atoms with Gasteiger partial charge in [0.25, 0.3) is 0 Å². The molecule has 0 fully saturated rings. The SMILES string of the molecule is C.C.C.C.COCCOCC(C)O. The van der Waals surface area contributed by atoms with Crippen LogP contribution in [0.15, 0.2) is 0 Å². The molecule has 0 heterocycles. The van der Waals surface area contributed by atoms with Crippen molar-refractivity contribution in [2.45, 2.75) is 42.7 Å². The summed E-state index contributed by atoms with van der Waals surface area (Å²) in [5.41, 5.74) is 0. The minimum atomic E-state index is -0.373. The third kappa shape index (κ3) is 33.5. The second-order valence-corrected chi connectivity index (χ2v) is 1.92. The van der Waals surface area contributed by atoms with Gasteiger partial charge < -0.3 is 14.6 Å². The van der Waals surface area contributed by atoms with Gasteiger partial charge in [-0.15, -0.1) is 0 Å². The molecular weight excluding hydrogens is 168 g/mol. The van der Waals surface area contributed by atoms with Crippen molar-refractivity contribution in [1.82, 2.24) is 0 Å². The Kier molecular flexibility index (Phi) is 51.0. The van der Waals surface area contributed by atoms with Crippen LogP contribution in [0, 0.1) is 0 Å². The number of aliphatic hydroxyl groups is 1. The zero-order valence-electron chi connectivity index (χ0n) is 5.96. The van der Waals surface area contributed by atoms with E-state index in [-0.39, 0.29) is 35.8 Å². The van der Waals surface area contributed by atoms with Gasteiger partial charge in [0.1, 0.15) is 0 Å². The van der Waals surface area contributed by atoms with Gasteiger partial charge in [0, 0.05) is 7.11 Å². The largest absolute Gasteiger partial charge is 0.391 e. The summed E-state index contributed by atoms with van der Waals surface area (Å²) < 4.78 is 9.68. The van der Waals surface area contributed by atoms with Gasteiger partial charge >= 0.3 is 0 Å². The summed E-state index contributed by atoms with van der Waals surface area (Å²) in [6, 6.07) is 0. The smallest absolute Gasteiger partial charge is 0.0745 e. The van der Waals surface area contributed by atoms with Crippen LogP contribution < -0.4 is 0 Å². The van der Waals surface area contributed by atoms with Gasteiger partial charge in [-0.05, 0) is 6.92 Å². The van der Waals surface area contributed by atoms with E-state index in [1.54, 1.807) is 14.0 Å². The summed E-state index contributed by atoms with van der Waals surface area (Å²) in [5.74, 6) is 0. The Morgan fingerprint density at radius 2 is 1.54 bits per heavy atom. The number of hydrogen-bond acceptors (Lipinski definition) is 3. The molecule has 0 aromatic rings. The number of rotatable bonds is 5. The number of methoxy groups -OCH3 is 1. The van der Waals surface area contributed by atoms with Crippen molar-refractivity contribution in [2.24, 2.45) is 0 Å². The number of aliphatic hydroxyl groups excluding tert-OH is 1. The van der Waals surface area contributed by atoms with Crippen molar-refractivity contribution < 1.29 is 14.6 Å². The highest BCUT2D eigenvalue weighted by atomic mass is 16.5. The van der Waals surface area contributed by atoms with Crippen LogP contribution in [0.4, 0.5) is 0 Å². The van der Waals surface area contributed by atoms with Gasteiger partial charge in [0.15, 0.2) is 0 Å². The second-order valence-electron chi connectivity index (χ2n) is 1.92. The Labute approximate surface area is 85.1 Å². The zero-order valence-corrected chi connectivity index (χ0v) is 5.96. The molecular formula is C10H30O3. The van der Waals surface area contributed by atoms with Crippen LogP contribution in [-0.4, -0.2) is 38.1 Å². The van der Waals surface area contributed by atoms with Gasteiger partial charge in [-0.3, -0.25) is 0 Å². The van der Waals surface area contributed by atoms with Crippen LogP contribution in [0.25, 0.3) is 0 Å². The summed E-state index contributed by atoms with van der Waals surface area (Å²) in [4.78, 5) is 0. The van der Waals surface area contributed by atoms with Crippen LogP contribution in [0.2, 0.25) is 0 Å². The average molecular weight is 198 g/mol. The minimum absolute atomic E-state index is 0. The third-order valence-corrected chi connectivity index (χ3v) is 0.791. The summed E-state index contributed by atoms with van der Waals surface area (Å²) in [6.45, 7) is 3.23. The predicted octanol–water partition coefficient (Wildman–Crippen LogP) is 2.57. The first-order chi connectivity index (χ1) is 4.27. The fraction of sp³-hybridized carbons (Fsp3) is 1.00. The molecule has 0 aliphatic rings. The normalized spacial score (nSPS) is 9.46. The summed E-state index contributed by atoms with van der Waals surface area (Å²) in [5, 5.41) is 8.69. The Hall–Kier alpha value is -0.120. The highest BCUT2D eigenvalue weighted by molar-refractivity contribution is 4.40. The molecule has 0 aliphatic heterocycles. The van der Waals surface area contributed by atoms with Gasteiger partial charge in [-0.1, -0.05) is 29.7 Å². The van der Waals surface area contributed by atoms with E-state index >= 15 is 0 Å². The van der Waals surface area contributed by atoms with Gasteiger partial charge in [0.2, 0.25) is 0 Å². The van der Waals surface area contributed by atoms with Crippen LogP contribution in [0.5, 0.6) is 0 Å². The third-order valence-electron chi connectivity index (χ3n) is 0.791. The summed E-state index contributed by atoms with van der Waals surface area (Å²) in [6.07, 6.45) is -0.373. The van der Waals surface area contributed by atoms with Crippen molar-refractivity contribution in [2.75, 3.05) is 26.9 Å². The zero-order chi connectivity index (χ0) is 7.11. The van der Waals surface area contributed by atoms with Gasteiger partial charge in [-0.25, -0.2) is 0 Å². The molecule has 1 N–H and O–H groups in total. The lowest BCUT2D eigenvalue weighted by Crippen LogP contribution is -2.12. The maximum absolute atomic E-state index is 8.69. The van der Waals surface area contributed by atoms with E-state index in [1.807, 2.05) is 0 Å². The van der Waals surface area contributed by atoms with E-state index in [1.165, 1.54) is 0 Å². The van der Waals surface area contributed by atoms with Crippen LogP contribution in [0.3, 0.4) is 0 Å². The fourth-order valence-electron chi connectivity index (χ4n) is 0.396. The van der Waals surface area contributed by atoms with Gasteiger partial charge in [-0.2, -0.15) is 0 Å². The average Bonchev–Trinajstić information content (AvgIpc) is 1.80. The van der Waals surface area contributed by atoms with E-state index < -0.39 is 0 Å². The lowest BCUT2D eigenvalue weighted by atomic mass is 10.4. The van der Waals surface area contributed by atoms with Crippen LogP contribution in [0.1, 0.15) is 36.6 Å². The molecule has 3 heteroatoms. The molecule has 3 nitrogen and oxygen atoms in total. The molecule has 0 aliphatic carbocycles. The molecule has 0 radical (unpaired) electrons. The van der Waals surface area contributed by atoms with Crippen molar-refractivity contribution in [1.29, 1.82) is 0 Å². The first-order valence-electron chi connectivity index (χ1n) is 3.02. The maximum atomic E-state index is 8.69. The van der Waals surface area contributed by atoms with E-state index in [4.69, 9.17) is 14.6 Å². The Bertz CT molecular complexity index is 56.1. The predicted molar refractivity (Wildman–Crippen MR) is 61.3 cm³/mol. The molecule has 0 saturated heterocycles. The maximum Gasteiger partial charge on any atom is 0.0745 e. The molecule has 0 amide bonds. The first-order valence-corrected chi connectivity index (χ1v) is 3.02. The van der Waals surface area contributed by atoms with E-state index in [0.717, 1.165) is 0 Å². The molecule has 0 aromatic heterocycles. The highest BCUT2D eigenvalue weighted by Gasteiger charge is 1.92. The molecule has 0 aromatic carbocycles. The lowest BCUT2D eigenvalue weighted by molar-refractivity contribution is 0.0202. The molecule has 13 heavy (non-hydrogen) atoms. The minimum Gasteiger partial charge on any atom is -0.391 e. The monoisotopic (exact) mass is 198 g/mol. The quantitative estimate of drug-likeness (QED) is 0.690. The van der Waals surface area contributed by atoms with Crippen molar-refractivity contribution in [3.63, 3.8) is 0 Å².